The molecule has 3 heterocycles. The standard InChI is InChI=1S/C21H23N3O2S/c1-14-5-2-3-7-16(14)26-20-19-15-6-4-8-17(15)27-21(19)23-18(22-20)13-24-9-11-25-12-10-24/h2-3,5,7H,4,6,8-13H2,1H3/p+1. The number of aryl methyl sites for hydroxylation is 3. The molecule has 1 aliphatic heterocycles. The number of nitrogens with zero attached hydrogens (tertiary/aromatic N) is 2. The van der Waals surface area contributed by atoms with Gasteiger partial charge in [-0.2, -0.15) is 4.98 Å². The average Bonchev–Trinajstić information content (AvgIpc) is 3.25. The van der Waals surface area contributed by atoms with Crippen molar-refractivity contribution in [1.29, 1.82) is 0 Å². The van der Waals surface area contributed by atoms with Gasteiger partial charge >= 0.3 is 0 Å². The van der Waals surface area contributed by atoms with Gasteiger partial charge in [0.2, 0.25) is 5.88 Å². The number of quaternary nitrogens is 1. The number of rotatable bonds is 4. The van der Waals surface area contributed by atoms with E-state index in [1.54, 1.807) is 0 Å². The maximum atomic E-state index is 6.36. The number of para-hydroxylation sites is 1. The molecular weight excluding hydrogens is 358 g/mol. The molecule has 27 heavy (non-hydrogen) atoms. The monoisotopic (exact) mass is 382 g/mol. The van der Waals surface area contributed by atoms with Crippen molar-refractivity contribution in [3.63, 3.8) is 0 Å². The van der Waals surface area contributed by atoms with Crippen LogP contribution in [0.15, 0.2) is 24.3 Å². The summed E-state index contributed by atoms with van der Waals surface area (Å²) in [5, 5.41) is 1.14. The van der Waals surface area contributed by atoms with E-state index in [1.165, 1.54) is 21.8 Å². The van der Waals surface area contributed by atoms with Crippen LogP contribution < -0.4 is 9.64 Å². The summed E-state index contributed by atoms with van der Waals surface area (Å²) in [5.41, 5.74) is 2.53. The summed E-state index contributed by atoms with van der Waals surface area (Å²) >= 11 is 1.83. The van der Waals surface area contributed by atoms with Gasteiger partial charge in [-0.15, -0.1) is 11.3 Å². The number of thiophene rings is 1. The van der Waals surface area contributed by atoms with Crippen molar-refractivity contribution >= 4 is 21.6 Å². The fourth-order valence-electron chi connectivity index (χ4n) is 3.99. The number of benzene rings is 1. The van der Waals surface area contributed by atoms with Crippen LogP contribution in [0.5, 0.6) is 11.6 Å². The van der Waals surface area contributed by atoms with Crippen LogP contribution in [-0.2, 0) is 24.1 Å². The summed E-state index contributed by atoms with van der Waals surface area (Å²) in [4.78, 5) is 13.8. The summed E-state index contributed by atoms with van der Waals surface area (Å²) < 4.78 is 11.8. The molecule has 0 bridgehead atoms. The normalized spacial score (nSPS) is 17.4. The van der Waals surface area contributed by atoms with E-state index in [9.17, 15) is 0 Å². The first-order valence-electron chi connectivity index (χ1n) is 9.74. The van der Waals surface area contributed by atoms with Crippen LogP contribution in [-0.4, -0.2) is 36.3 Å². The van der Waals surface area contributed by atoms with Crippen LogP contribution in [0.3, 0.4) is 0 Å². The average molecular weight is 383 g/mol. The molecule has 0 unspecified atom stereocenters. The molecule has 1 saturated heterocycles. The lowest BCUT2D eigenvalue weighted by Crippen LogP contribution is -3.12. The van der Waals surface area contributed by atoms with Crippen molar-refractivity contribution in [1.82, 2.24) is 9.97 Å². The van der Waals surface area contributed by atoms with Gasteiger partial charge in [-0.1, -0.05) is 18.2 Å². The fraction of sp³-hybridized carbons (Fsp3) is 0.429. The number of aromatic nitrogens is 2. The zero-order valence-corrected chi connectivity index (χ0v) is 16.4. The molecule has 0 saturated carbocycles. The van der Waals surface area contributed by atoms with Crippen LogP contribution in [0, 0.1) is 6.92 Å². The molecule has 3 aromatic rings. The molecule has 1 N–H and O–H groups in total. The minimum Gasteiger partial charge on any atom is -0.438 e. The molecule has 5 nitrogen and oxygen atoms in total. The molecule has 1 aliphatic carbocycles. The number of ether oxygens (including phenoxy) is 2. The molecule has 0 atom stereocenters. The molecule has 6 heteroatoms. The van der Waals surface area contributed by atoms with E-state index >= 15 is 0 Å². The van der Waals surface area contributed by atoms with E-state index in [0.717, 1.165) is 78.9 Å². The highest BCUT2D eigenvalue weighted by Crippen LogP contribution is 2.41. The highest BCUT2D eigenvalue weighted by atomic mass is 32.1. The molecular formula is C21H24N3O2S+. The van der Waals surface area contributed by atoms with Gasteiger partial charge in [-0.25, -0.2) is 4.98 Å². The van der Waals surface area contributed by atoms with Crippen LogP contribution >= 0.6 is 11.3 Å². The number of hydrogen-bond acceptors (Lipinski definition) is 5. The summed E-state index contributed by atoms with van der Waals surface area (Å²) in [6.45, 7) is 6.55. The maximum Gasteiger partial charge on any atom is 0.231 e. The topological polar surface area (TPSA) is 48.7 Å². The number of morpholine rings is 1. The van der Waals surface area contributed by atoms with E-state index < -0.39 is 0 Å². The Balaban J connectivity index is 1.56. The molecule has 0 amide bonds. The van der Waals surface area contributed by atoms with Crippen LogP contribution in [0.2, 0.25) is 0 Å². The van der Waals surface area contributed by atoms with Crippen LogP contribution in [0.1, 0.15) is 28.2 Å². The predicted octanol–water partition coefficient (Wildman–Crippen LogP) is 2.70. The molecule has 0 spiro atoms. The van der Waals surface area contributed by atoms with Crippen LogP contribution in [0.25, 0.3) is 10.2 Å². The summed E-state index contributed by atoms with van der Waals surface area (Å²) in [6, 6.07) is 8.14. The molecule has 0 radical (unpaired) electrons. The molecule has 140 valence electrons. The van der Waals surface area contributed by atoms with Gasteiger partial charge in [0.25, 0.3) is 0 Å². The lowest BCUT2D eigenvalue weighted by Gasteiger charge is -2.23. The summed E-state index contributed by atoms with van der Waals surface area (Å²) in [5.74, 6) is 2.49. The van der Waals surface area contributed by atoms with Crippen molar-refractivity contribution < 1.29 is 14.4 Å². The summed E-state index contributed by atoms with van der Waals surface area (Å²) in [7, 11) is 0. The Morgan fingerprint density at radius 2 is 2.00 bits per heavy atom. The first-order chi connectivity index (χ1) is 13.3. The van der Waals surface area contributed by atoms with Crippen molar-refractivity contribution in [2.75, 3.05) is 26.3 Å². The third-order valence-corrected chi connectivity index (χ3v) is 6.67. The van der Waals surface area contributed by atoms with E-state index in [0.29, 0.717) is 0 Å². The maximum absolute atomic E-state index is 6.36. The second kappa shape index (κ2) is 7.19. The minimum atomic E-state index is 0.733. The van der Waals surface area contributed by atoms with Gasteiger partial charge in [-0.05, 0) is 43.4 Å². The molecule has 2 aliphatic rings. The van der Waals surface area contributed by atoms with Crippen LogP contribution in [0.4, 0.5) is 0 Å². The van der Waals surface area contributed by atoms with Gasteiger partial charge < -0.3 is 14.4 Å². The van der Waals surface area contributed by atoms with Gasteiger partial charge in [0.05, 0.1) is 18.6 Å². The van der Waals surface area contributed by atoms with Gasteiger partial charge in [0, 0.05) is 4.88 Å². The zero-order chi connectivity index (χ0) is 18.2. The molecule has 1 aromatic carbocycles. The Kier molecular flexibility index (Phi) is 4.55. The van der Waals surface area contributed by atoms with E-state index in [-0.39, 0.29) is 0 Å². The van der Waals surface area contributed by atoms with Crippen molar-refractivity contribution in [2.24, 2.45) is 0 Å². The Morgan fingerprint density at radius 1 is 1.15 bits per heavy atom. The van der Waals surface area contributed by atoms with Gasteiger partial charge in [0.1, 0.15) is 30.2 Å². The molecule has 5 rings (SSSR count). The number of hydrogen-bond donors (Lipinski definition) is 1. The Hall–Kier alpha value is -2.02. The highest BCUT2D eigenvalue weighted by molar-refractivity contribution is 7.19. The first kappa shape index (κ1) is 17.1. The number of nitrogens with one attached hydrogen (secondary N) is 1. The first-order valence-corrected chi connectivity index (χ1v) is 10.6. The lowest BCUT2D eigenvalue weighted by atomic mass is 10.2. The number of fused-ring (bicyclic) bond motifs is 3. The minimum absolute atomic E-state index is 0.733. The third-order valence-electron chi connectivity index (χ3n) is 5.49. The van der Waals surface area contributed by atoms with Crippen molar-refractivity contribution in [3.8, 4) is 11.6 Å². The van der Waals surface area contributed by atoms with E-state index in [2.05, 4.69) is 13.0 Å². The predicted molar refractivity (Wildman–Crippen MR) is 106 cm³/mol. The second-order valence-corrected chi connectivity index (χ2v) is 8.47. The Labute approximate surface area is 163 Å². The summed E-state index contributed by atoms with van der Waals surface area (Å²) in [6.07, 6.45) is 3.49. The van der Waals surface area contributed by atoms with Crippen molar-refractivity contribution in [3.05, 3.63) is 46.1 Å². The SMILES string of the molecule is Cc1ccccc1Oc1nc(C[NH+]2CCOCC2)nc2sc3c(c12)CCC3. The van der Waals surface area contributed by atoms with Gasteiger partial charge in [-0.3, -0.25) is 0 Å². The van der Waals surface area contributed by atoms with E-state index in [1.807, 2.05) is 29.5 Å². The second-order valence-electron chi connectivity index (χ2n) is 7.39. The lowest BCUT2D eigenvalue weighted by molar-refractivity contribution is -0.922. The molecule has 1 fully saturated rings. The quantitative estimate of drug-likeness (QED) is 0.754. The highest BCUT2D eigenvalue weighted by Gasteiger charge is 2.25. The molecule has 2 aromatic heterocycles. The third kappa shape index (κ3) is 3.33. The van der Waals surface area contributed by atoms with E-state index in [4.69, 9.17) is 19.4 Å². The van der Waals surface area contributed by atoms with Gasteiger partial charge in [0.15, 0.2) is 5.82 Å². The largest absolute Gasteiger partial charge is 0.438 e. The zero-order valence-electron chi connectivity index (χ0n) is 15.6. The smallest absolute Gasteiger partial charge is 0.231 e. The Bertz CT molecular complexity index is 979. The Morgan fingerprint density at radius 3 is 2.85 bits per heavy atom. The van der Waals surface area contributed by atoms with Crippen molar-refractivity contribution in [2.45, 2.75) is 32.7 Å². The fourth-order valence-corrected chi connectivity index (χ4v) is 5.26.